The average molecular weight is 737 g/mol. The lowest BCUT2D eigenvalue weighted by Crippen LogP contribution is -2.11. The molecule has 0 atom stereocenters. The van der Waals surface area contributed by atoms with Crippen LogP contribution in [0.15, 0.2) is 78.9 Å². The van der Waals surface area contributed by atoms with E-state index in [1.165, 1.54) is 41.7 Å². The lowest BCUT2D eigenvalue weighted by Gasteiger charge is -2.08. The van der Waals surface area contributed by atoms with E-state index in [0.717, 1.165) is 0 Å². The first-order chi connectivity index (χ1) is 21.4. The SMILES string of the molecule is CC(=O)Oc1ccccc1C(=O)OCCCC(=O)O.CC(=O)Oc1ccccc1C(=O)OCCCC(=O)O.Ic1ccccc1. The summed E-state index contributed by atoms with van der Waals surface area (Å²) in [6.07, 6.45) is 0.325. The van der Waals surface area contributed by atoms with Crippen LogP contribution in [0.1, 0.15) is 60.2 Å². The first kappa shape index (κ1) is 38.2. The van der Waals surface area contributed by atoms with Crippen molar-refractivity contribution in [3.05, 3.63) is 93.6 Å². The summed E-state index contributed by atoms with van der Waals surface area (Å²) in [5.41, 5.74) is 0.265. The highest BCUT2D eigenvalue weighted by Gasteiger charge is 2.16. The van der Waals surface area contributed by atoms with Crippen LogP contribution in [0.4, 0.5) is 0 Å². The molecular formula is C32H33IO12. The van der Waals surface area contributed by atoms with Gasteiger partial charge < -0.3 is 29.2 Å². The molecule has 3 aromatic rings. The second-order valence-corrected chi connectivity index (χ2v) is 9.99. The average Bonchev–Trinajstić information content (AvgIpc) is 2.98. The second-order valence-electron chi connectivity index (χ2n) is 8.74. The maximum Gasteiger partial charge on any atom is 0.341 e. The summed E-state index contributed by atoms with van der Waals surface area (Å²) < 4.78 is 20.9. The Balaban J connectivity index is 0.000000370. The van der Waals surface area contributed by atoms with Gasteiger partial charge in [-0.3, -0.25) is 19.2 Å². The van der Waals surface area contributed by atoms with Gasteiger partial charge in [0.2, 0.25) is 0 Å². The Hall–Kier alpha value is -4.79. The molecule has 0 amide bonds. The fourth-order valence-electron chi connectivity index (χ4n) is 3.10. The Kier molecular flexibility index (Phi) is 18.5. The van der Waals surface area contributed by atoms with Crippen LogP contribution in [0.25, 0.3) is 0 Å². The van der Waals surface area contributed by atoms with Gasteiger partial charge in [0.25, 0.3) is 0 Å². The number of carbonyl (C=O) groups is 6. The summed E-state index contributed by atoms with van der Waals surface area (Å²) in [5.74, 6) is -4.02. The van der Waals surface area contributed by atoms with Crippen LogP contribution in [0.3, 0.4) is 0 Å². The predicted octanol–water partition coefficient (Wildman–Crippen LogP) is 5.56. The van der Waals surface area contributed by atoms with Gasteiger partial charge in [-0.2, -0.15) is 0 Å². The number of esters is 4. The van der Waals surface area contributed by atoms with Gasteiger partial charge in [0.05, 0.1) is 13.2 Å². The number of benzene rings is 3. The van der Waals surface area contributed by atoms with E-state index in [-0.39, 0.29) is 61.5 Å². The molecule has 12 nitrogen and oxygen atoms in total. The Morgan fingerprint density at radius 2 is 0.933 bits per heavy atom. The number of carboxylic acid groups (broad SMARTS) is 2. The fourth-order valence-corrected chi connectivity index (χ4v) is 3.52. The summed E-state index contributed by atoms with van der Waals surface area (Å²) in [4.78, 5) is 65.8. The molecule has 0 aliphatic rings. The van der Waals surface area contributed by atoms with Crippen LogP contribution in [0, 0.1) is 3.57 Å². The van der Waals surface area contributed by atoms with Crippen molar-refractivity contribution in [2.45, 2.75) is 39.5 Å². The molecule has 0 aliphatic carbocycles. The molecule has 0 bridgehead atoms. The topological polar surface area (TPSA) is 180 Å². The molecule has 0 aromatic heterocycles. The minimum atomic E-state index is -0.948. The molecule has 0 saturated carbocycles. The van der Waals surface area contributed by atoms with Gasteiger partial charge >= 0.3 is 35.8 Å². The molecule has 45 heavy (non-hydrogen) atoms. The first-order valence-corrected chi connectivity index (χ1v) is 14.5. The molecule has 240 valence electrons. The highest BCUT2D eigenvalue weighted by Crippen LogP contribution is 2.20. The Labute approximate surface area is 273 Å². The van der Waals surface area contributed by atoms with Crippen LogP contribution in [0.5, 0.6) is 11.5 Å². The summed E-state index contributed by atoms with van der Waals surface area (Å²) >= 11 is 2.28. The van der Waals surface area contributed by atoms with E-state index in [9.17, 15) is 28.8 Å². The molecule has 0 unspecified atom stereocenters. The maximum absolute atomic E-state index is 11.7. The number of aliphatic carboxylic acids is 2. The van der Waals surface area contributed by atoms with Gasteiger partial charge in [-0.05, 0) is 71.8 Å². The molecule has 2 N–H and O–H groups in total. The van der Waals surface area contributed by atoms with Crippen molar-refractivity contribution in [2.24, 2.45) is 0 Å². The molecule has 13 heteroatoms. The van der Waals surface area contributed by atoms with Crippen LogP contribution in [-0.2, 0) is 28.7 Å². The molecule has 0 spiro atoms. The van der Waals surface area contributed by atoms with E-state index >= 15 is 0 Å². The molecule has 0 aliphatic heterocycles. The molecule has 3 aromatic carbocycles. The Morgan fingerprint density at radius 3 is 1.24 bits per heavy atom. The summed E-state index contributed by atoms with van der Waals surface area (Å²) in [6.45, 7) is 2.46. The van der Waals surface area contributed by atoms with Gasteiger partial charge in [-0.25, -0.2) is 9.59 Å². The number of rotatable bonds is 12. The van der Waals surface area contributed by atoms with E-state index in [2.05, 4.69) is 34.7 Å². The van der Waals surface area contributed by atoms with Crippen molar-refractivity contribution in [3.63, 3.8) is 0 Å². The highest BCUT2D eigenvalue weighted by molar-refractivity contribution is 14.1. The highest BCUT2D eigenvalue weighted by atomic mass is 127. The third-order valence-electron chi connectivity index (χ3n) is 4.99. The minimum Gasteiger partial charge on any atom is -0.481 e. The first-order valence-electron chi connectivity index (χ1n) is 13.4. The van der Waals surface area contributed by atoms with E-state index < -0.39 is 35.8 Å². The zero-order valence-corrected chi connectivity index (χ0v) is 26.8. The van der Waals surface area contributed by atoms with Crippen LogP contribution < -0.4 is 9.47 Å². The standard InChI is InChI=1S/2C13H14O6.C6H5I/c2*1-9(14)19-11-6-3-2-5-10(11)13(17)18-8-4-7-12(15)16;7-6-4-2-1-3-5-6/h2*2-3,5-6H,4,7-8H2,1H3,(H,15,16);1-5H. The predicted molar refractivity (Wildman–Crippen MR) is 169 cm³/mol. The van der Waals surface area contributed by atoms with Crippen LogP contribution in [-0.4, -0.2) is 59.2 Å². The van der Waals surface area contributed by atoms with Gasteiger partial charge in [0, 0.05) is 30.3 Å². The number of para-hydroxylation sites is 2. The molecule has 0 fully saturated rings. The number of carbonyl (C=O) groups excluding carboxylic acids is 4. The van der Waals surface area contributed by atoms with Crippen molar-refractivity contribution in [3.8, 4) is 11.5 Å². The van der Waals surface area contributed by atoms with Crippen LogP contribution >= 0.6 is 22.6 Å². The van der Waals surface area contributed by atoms with E-state index in [1.807, 2.05) is 18.2 Å². The zero-order valence-electron chi connectivity index (χ0n) is 24.6. The largest absolute Gasteiger partial charge is 0.481 e. The maximum atomic E-state index is 11.7. The van der Waals surface area contributed by atoms with Gasteiger partial charge in [-0.15, -0.1) is 0 Å². The van der Waals surface area contributed by atoms with E-state index in [4.69, 9.17) is 29.2 Å². The molecule has 0 radical (unpaired) electrons. The molecule has 3 rings (SSSR count). The van der Waals surface area contributed by atoms with Crippen molar-refractivity contribution < 1.29 is 57.9 Å². The van der Waals surface area contributed by atoms with Gasteiger partial charge in [0.1, 0.15) is 22.6 Å². The third-order valence-corrected chi connectivity index (χ3v) is 5.71. The second kappa shape index (κ2) is 21.8. The van der Waals surface area contributed by atoms with Crippen molar-refractivity contribution in [1.29, 1.82) is 0 Å². The number of hydrogen-bond donors (Lipinski definition) is 2. The van der Waals surface area contributed by atoms with E-state index in [1.54, 1.807) is 24.3 Å². The monoisotopic (exact) mass is 736 g/mol. The molecular weight excluding hydrogens is 703 g/mol. The van der Waals surface area contributed by atoms with Gasteiger partial charge in [0.15, 0.2) is 0 Å². The van der Waals surface area contributed by atoms with Crippen molar-refractivity contribution in [1.82, 2.24) is 0 Å². The quantitative estimate of drug-likeness (QED) is 0.103. The fraction of sp³-hybridized carbons (Fsp3) is 0.250. The van der Waals surface area contributed by atoms with Crippen LogP contribution in [0.2, 0.25) is 0 Å². The molecule has 0 saturated heterocycles. The number of ether oxygens (including phenoxy) is 4. The zero-order chi connectivity index (χ0) is 33.6. The summed E-state index contributed by atoms with van der Waals surface area (Å²) in [6, 6.07) is 22.6. The minimum absolute atomic E-state index is 0.000457. The summed E-state index contributed by atoms with van der Waals surface area (Å²) in [5, 5.41) is 16.9. The summed E-state index contributed by atoms with van der Waals surface area (Å²) in [7, 11) is 0. The Bertz CT molecular complexity index is 1330. The smallest absolute Gasteiger partial charge is 0.341 e. The lowest BCUT2D eigenvalue weighted by atomic mass is 10.2. The third kappa shape index (κ3) is 17.8. The Morgan fingerprint density at radius 1 is 0.578 bits per heavy atom. The normalized spacial score (nSPS) is 9.58. The van der Waals surface area contributed by atoms with Crippen molar-refractivity contribution in [2.75, 3.05) is 13.2 Å². The van der Waals surface area contributed by atoms with E-state index in [0.29, 0.717) is 0 Å². The van der Waals surface area contributed by atoms with Crippen molar-refractivity contribution >= 4 is 58.4 Å². The number of carboxylic acids is 2. The molecule has 0 heterocycles. The number of hydrogen-bond acceptors (Lipinski definition) is 10. The lowest BCUT2D eigenvalue weighted by molar-refractivity contribution is -0.138. The van der Waals surface area contributed by atoms with Gasteiger partial charge in [-0.1, -0.05) is 42.5 Å². The number of halogens is 1.